The number of hydrogen-bond donors (Lipinski definition) is 2. The van der Waals surface area contributed by atoms with Crippen molar-refractivity contribution in [2.45, 2.75) is 52.0 Å². The van der Waals surface area contributed by atoms with E-state index in [1.165, 1.54) is 12.8 Å². The van der Waals surface area contributed by atoms with Crippen LogP contribution in [-0.4, -0.2) is 27.3 Å². The summed E-state index contributed by atoms with van der Waals surface area (Å²) in [4.78, 5) is 4.44. The van der Waals surface area contributed by atoms with Crippen molar-refractivity contribution in [2.24, 2.45) is 11.7 Å². The van der Waals surface area contributed by atoms with Crippen molar-refractivity contribution in [3.05, 3.63) is 11.4 Å². The molecule has 2 rings (SSSR count). The first-order chi connectivity index (χ1) is 8.54. The Balaban J connectivity index is 2.12. The van der Waals surface area contributed by atoms with E-state index < -0.39 is 0 Å². The van der Waals surface area contributed by atoms with Crippen molar-refractivity contribution >= 4 is 5.95 Å². The first-order valence-corrected chi connectivity index (χ1v) is 6.71. The summed E-state index contributed by atoms with van der Waals surface area (Å²) in [7, 11) is 0. The monoisotopic (exact) mass is 249 g/mol. The van der Waals surface area contributed by atoms with Crippen molar-refractivity contribution in [3.8, 4) is 0 Å². The van der Waals surface area contributed by atoms with Crippen LogP contribution in [-0.2, 0) is 0 Å². The summed E-state index contributed by atoms with van der Waals surface area (Å²) in [5.74, 6) is 1.41. The van der Waals surface area contributed by atoms with Crippen molar-refractivity contribution in [1.29, 1.82) is 0 Å². The topological polar surface area (TPSA) is 76.7 Å². The second-order valence-electron chi connectivity index (χ2n) is 5.60. The van der Waals surface area contributed by atoms with E-state index in [1.54, 1.807) is 0 Å². The molecule has 1 heterocycles. The summed E-state index contributed by atoms with van der Waals surface area (Å²) in [6.07, 6.45) is 4.59. The average Bonchev–Trinajstić information content (AvgIpc) is 2.37. The molecule has 0 amide bonds. The van der Waals surface area contributed by atoms with E-state index in [2.05, 4.69) is 27.4 Å². The minimum Gasteiger partial charge on any atom is -0.346 e. The molecular weight excluding hydrogens is 226 g/mol. The van der Waals surface area contributed by atoms with Crippen molar-refractivity contribution in [1.82, 2.24) is 15.2 Å². The Labute approximate surface area is 109 Å². The highest BCUT2D eigenvalue weighted by Crippen LogP contribution is 2.33. The molecule has 1 aliphatic rings. The maximum atomic E-state index is 5.96. The molecule has 3 N–H and O–H groups in total. The molecule has 5 heteroatoms. The van der Waals surface area contributed by atoms with Crippen molar-refractivity contribution in [3.63, 3.8) is 0 Å². The fourth-order valence-electron chi connectivity index (χ4n) is 2.44. The Bertz CT molecular complexity index is 410. The zero-order chi connectivity index (χ0) is 13.2. The van der Waals surface area contributed by atoms with Gasteiger partial charge in [-0.25, -0.2) is 4.98 Å². The minimum atomic E-state index is -0.0457. The van der Waals surface area contributed by atoms with Gasteiger partial charge in [0.25, 0.3) is 0 Å². The van der Waals surface area contributed by atoms with Crippen molar-refractivity contribution in [2.75, 3.05) is 11.9 Å². The Kier molecular flexibility index (Phi) is 3.80. The maximum Gasteiger partial charge on any atom is 0.243 e. The largest absolute Gasteiger partial charge is 0.346 e. The smallest absolute Gasteiger partial charge is 0.243 e. The number of nitrogens with two attached hydrogens (primary N) is 1. The van der Waals surface area contributed by atoms with Gasteiger partial charge in [-0.2, -0.15) is 5.10 Å². The molecule has 0 spiro atoms. The van der Waals surface area contributed by atoms with Gasteiger partial charge in [-0.05, 0) is 45.4 Å². The molecule has 1 saturated carbocycles. The van der Waals surface area contributed by atoms with E-state index >= 15 is 0 Å². The fraction of sp³-hybridized carbons (Fsp3) is 0.769. The van der Waals surface area contributed by atoms with E-state index in [4.69, 9.17) is 5.73 Å². The van der Waals surface area contributed by atoms with Crippen LogP contribution in [0.3, 0.4) is 0 Å². The predicted octanol–water partition coefficient (Wildman–Crippen LogP) is 1.81. The fourth-order valence-corrected chi connectivity index (χ4v) is 2.44. The van der Waals surface area contributed by atoms with Crippen LogP contribution in [0.1, 0.15) is 44.0 Å². The van der Waals surface area contributed by atoms with Crippen LogP contribution in [0.4, 0.5) is 5.95 Å². The van der Waals surface area contributed by atoms with Gasteiger partial charge in [0.15, 0.2) is 0 Å². The molecule has 18 heavy (non-hydrogen) atoms. The molecule has 1 aliphatic carbocycles. The van der Waals surface area contributed by atoms with Gasteiger partial charge in [0.05, 0.1) is 16.9 Å². The average molecular weight is 249 g/mol. The first-order valence-electron chi connectivity index (χ1n) is 6.71. The molecule has 0 saturated heterocycles. The molecule has 0 aromatic carbocycles. The number of nitrogens with one attached hydrogen (secondary N) is 1. The summed E-state index contributed by atoms with van der Waals surface area (Å²) in [5, 5.41) is 11.6. The van der Waals surface area contributed by atoms with E-state index in [1.807, 2.05) is 13.8 Å². The zero-order valence-corrected chi connectivity index (χ0v) is 11.5. The highest BCUT2D eigenvalue weighted by atomic mass is 15.3. The lowest BCUT2D eigenvalue weighted by Crippen LogP contribution is -2.48. The van der Waals surface area contributed by atoms with Gasteiger partial charge in [0.2, 0.25) is 5.95 Å². The van der Waals surface area contributed by atoms with Gasteiger partial charge in [-0.3, -0.25) is 0 Å². The van der Waals surface area contributed by atoms with Crippen LogP contribution in [0.2, 0.25) is 0 Å². The van der Waals surface area contributed by atoms with Crippen LogP contribution < -0.4 is 11.1 Å². The van der Waals surface area contributed by atoms with Crippen LogP contribution in [0, 0.1) is 19.8 Å². The molecule has 5 nitrogen and oxygen atoms in total. The van der Waals surface area contributed by atoms with Gasteiger partial charge in [0.1, 0.15) is 0 Å². The lowest BCUT2D eigenvalue weighted by molar-refractivity contribution is 0.270. The van der Waals surface area contributed by atoms with Crippen molar-refractivity contribution < 1.29 is 0 Å². The van der Waals surface area contributed by atoms with Crippen LogP contribution in [0.15, 0.2) is 0 Å². The maximum absolute atomic E-state index is 5.96. The van der Waals surface area contributed by atoms with E-state index in [9.17, 15) is 0 Å². The zero-order valence-electron chi connectivity index (χ0n) is 11.5. The quantitative estimate of drug-likeness (QED) is 0.854. The molecule has 0 unspecified atom stereocenters. The van der Waals surface area contributed by atoms with E-state index in [0.29, 0.717) is 12.5 Å². The number of nitrogens with zero attached hydrogens (tertiary/aromatic N) is 3. The number of rotatable bonds is 3. The van der Waals surface area contributed by atoms with Gasteiger partial charge in [-0.1, -0.05) is 6.92 Å². The van der Waals surface area contributed by atoms with Crippen LogP contribution in [0.25, 0.3) is 0 Å². The van der Waals surface area contributed by atoms with Gasteiger partial charge < -0.3 is 11.1 Å². The Hall–Kier alpha value is -1.23. The van der Waals surface area contributed by atoms with E-state index in [0.717, 1.165) is 30.1 Å². The molecular formula is C13H23N5. The Morgan fingerprint density at radius 2 is 1.89 bits per heavy atom. The lowest BCUT2D eigenvalue weighted by Gasteiger charge is -2.39. The summed E-state index contributed by atoms with van der Waals surface area (Å²) < 4.78 is 0. The summed E-state index contributed by atoms with van der Waals surface area (Å²) in [6, 6.07) is 0. The van der Waals surface area contributed by atoms with Gasteiger partial charge in [-0.15, -0.1) is 5.10 Å². The van der Waals surface area contributed by atoms with Crippen LogP contribution >= 0.6 is 0 Å². The summed E-state index contributed by atoms with van der Waals surface area (Å²) in [6.45, 7) is 6.79. The molecule has 1 aromatic heterocycles. The standard InChI is InChI=1S/C13H23N5/c1-9-4-6-13(8-14,7-5-9)16-12-15-10(2)11(3)17-18-12/h9H,4-8,14H2,1-3H3,(H,15,16,18). The van der Waals surface area contributed by atoms with E-state index in [-0.39, 0.29) is 5.54 Å². The second-order valence-corrected chi connectivity index (χ2v) is 5.60. The first kappa shape index (κ1) is 13.2. The highest BCUT2D eigenvalue weighted by Gasteiger charge is 2.33. The molecule has 0 radical (unpaired) electrons. The van der Waals surface area contributed by atoms with Gasteiger partial charge in [0, 0.05) is 6.54 Å². The Morgan fingerprint density at radius 1 is 1.22 bits per heavy atom. The molecule has 1 fully saturated rings. The van der Waals surface area contributed by atoms with Crippen LogP contribution in [0.5, 0.6) is 0 Å². The Morgan fingerprint density at radius 3 is 2.44 bits per heavy atom. The second kappa shape index (κ2) is 5.18. The third kappa shape index (κ3) is 2.77. The third-order valence-corrected chi connectivity index (χ3v) is 4.09. The summed E-state index contributed by atoms with van der Waals surface area (Å²) >= 11 is 0. The molecule has 0 aliphatic heterocycles. The van der Waals surface area contributed by atoms with Gasteiger partial charge >= 0.3 is 0 Å². The number of hydrogen-bond acceptors (Lipinski definition) is 5. The molecule has 0 bridgehead atoms. The molecule has 100 valence electrons. The normalized spacial score (nSPS) is 28.1. The SMILES string of the molecule is Cc1nnc(NC2(CN)CCC(C)CC2)nc1C. The molecule has 0 atom stereocenters. The summed E-state index contributed by atoms with van der Waals surface area (Å²) in [5.41, 5.74) is 7.71. The number of anilines is 1. The third-order valence-electron chi connectivity index (χ3n) is 4.09. The predicted molar refractivity (Wildman–Crippen MR) is 72.3 cm³/mol. The highest BCUT2D eigenvalue weighted by molar-refractivity contribution is 5.30. The number of aryl methyl sites for hydroxylation is 2. The molecule has 1 aromatic rings. The lowest BCUT2D eigenvalue weighted by atomic mass is 9.77. The minimum absolute atomic E-state index is 0.0457. The number of aromatic nitrogens is 3.